The summed E-state index contributed by atoms with van der Waals surface area (Å²) >= 11 is 0. The Kier molecular flexibility index (Phi) is 12.3. The van der Waals surface area contributed by atoms with E-state index in [4.69, 9.17) is 18.3 Å². The highest BCUT2D eigenvalue weighted by Gasteiger charge is 2.20. The van der Waals surface area contributed by atoms with Crippen LogP contribution in [0.25, 0.3) is 0 Å². The van der Waals surface area contributed by atoms with E-state index in [2.05, 4.69) is 67.7 Å². The largest absolute Gasteiger partial charge is 0.466 e. The summed E-state index contributed by atoms with van der Waals surface area (Å²) < 4.78 is 24.6. The third-order valence-corrected chi connectivity index (χ3v) is 7.57. The Morgan fingerprint density at radius 2 is 0.947 bits per heavy atom. The Hall–Kier alpha value is -1.94. The van der Waals surface area contributed by atoms with E-state index in [-0.39, 0.29) is 29.2 Å². The summed E-state index contributed by atoms with van der Waals surface area (Å²) in [6.45, 7) is 21.9. The van der Waals surface area contributed by atoms with E-state index >= 15 is 0 Å². The van der Waals surface area contributed by atoms with Crippen molar-refractivity contribution in [3.63, 3.8) is 0 Å². The molecular weight excluding hydrogens is 509 g/mol. The number of rotatable bonds is 14. The first-order valence-electron chi connectivity index (χ1n) is 14.0. The second kappa shape index (κ2) is 14.4. The molecule has 0 aliphatic heterocycles. The minimum atomic E-state index is -1.25. The van der Waals surface area contributed by atoms with Crippen molar-refractivity contribution in [2.24, 2.45) is 10.8 Å². The van der Waals surface area contributed by atoms with Gasteiger partial charge in [-0.15, -0.1) is 0 Å². The topological polar surface area (TPSA) is 54.0 Å². The molecule has 0 fully saturated rings. The van der Waals surface area contributed by atoms with Crippen LogP contribution in [0.15, 0.2) is 48.5 Å². The lowest BCUT2D eigenvalue weighted by molar-refractivity contribution is -0.00996. The molecule has 0 amide bonds. The number of hydrogen-bond donors (Lipinski definition) is 0. The summed E-state index contributed by atoms with van der Waals surface area (Å²) in [6.07, 6.45) is 3.18. The van der Waals surface area contributed by atoms with Crippen LogP contribution < -0.4 is 9.47 Å². The predicted octanol–water partition coefficient (Wildman–Crippen LogP) is 7.98. The van der Waals surface area contributed by atoms with Gasteiger partial charge in [0.25, 0.3) is 0 Å². The van der Waals surface area contributed by atoms with Gasteiger partial charge in [0.05, 0.1) is 0 Å². The summed E-state index contributed by atoms with van der Waals surface area (Å²) in [5.41, 5.74) is 1.68. The average molecular weight is 559 g/mol. The van der Waals surface area contributed by atoms with Crippen LogP contribution in [0.4, 0.5) is 0 Å². The van der Waals surface area contributed by atoms with Crippen molar-refractivity contribution in [1.82, 2.24) is 0 Å². The standard InChI is InChI=1S/C31H50O5Si2/c1-30(2,3)21-19-27(35-37(7)8)33-25-15-11-23(12-16-25)29(32)24-13-17-26(18-14-24)34-28(36-38(9)10)20-22-31(4,5)6/h11-18,27-28,37-38H,19-22H2,1-10H3. The number of benzene rings is 2. The quantitative estimate of drug-likeness (QED) is 0.134. The number of carbonyl (C=O) groups is 1. The highest BCUT2D eigenvalue weighted by Crippen LogP contribution is 2.27. The molecule has 38 heavy (non-hydrogen) atoms. The molecule has 0 bridgehead atoms. The number of carbonyl (C=O) groups excluding carboxylic acids is 1. The fourth-order valence-corrected chi connectivity index (χ4v) is 5.46. The molecule has 0 saturated heterocycles. The average Bonchev–Trinajstić information content (AvgIpc) is 2.80. The van der Waals surface area contributed by atoms with Gasteiger partial charge in [0, 0.05) is 24.0 Å². The van der Waals surface area contributed by atoms with E-state index in [1.165, 1.54) is 0 Å². The lowest BCUT2D eigenvalue weighted by atomic mass is 9.90. The van der Waals surface area contributed by atoms with Crippen molar-refractivity contribution in [1.29, 1.82) is 0 Å². The number of ether oxygens (including phenoxy) is 2. The first-order chi connectivity index (χ1) is 17.6. The van der Waals surface area contributed by atoms with Gasteiger partial charge in [-0.25, -0.2) is 0 Å². The summed E-state index contributed by atoms with van der Waals surface area (Å²) in [6, 6.07) is 14.7. The summed E-state index contributed by atoms with van der Waals surface area (Å²) in [4.78, 5) is 13.1. The molecule has 0 heterocycles. The van der Waals surface area contributed by atoms with Gasteiger partial charge in [0.2, 0.25) is 0 Å². The molecule has 0 spiro atoms. The van der Waals surface area contributed by atoms with Gasteiger partial charge in [-0.2, -0.15) is 0 Å². The maximum absolute atomic E-state index is 13.1. The minimum absolute atomic E-state index is 0.0339. The lowest BCUT2D eigenvalue weighted by Crippen LogP contribution is -2.27. The van der Waals surface area contributed by atoms with Crippen molar-refractivity contribution >= 4 is 23.9 Å². The van der Waals surface area contributed by atoms with E-state index in [1.54, 1.807) is 0 Å². The van der Waals surface area contributed by atoms with Crippen LogP contribution in [-0.4, -0.2) is 36.4 Å². The Balaban J connectivity index is 2.03. The van der Waals surface area contributed by atoms with Gasteiger partial charge in [-0.05, 0) is 98.4 Å². The van der Waals surface area contributed by atoms with Crippen molar-refractivity contribution in [3.8, 4) is 11.5 Å². The highest BCUT2D eigenvalue weighted by molar-refractivity contribution is 6.48. The molecule has 5 nitrogen and oxygen atoms in total. The van der Waals surface area contributed by atoms with Gasteiger partial charge in [0.15, 0.2) is 36.4 Å². The van der Waals surface area contributed by atoms with E-state index in [0.717, 1.165) is 25.7 Å². The van der Waals surface area contributed by atoms with Crippen LogP contribution in [0.3, 0.4) is 0 Å². The maximum Gasteiger partial charge on any atom is 0.193 e. The monoisotopic (exact) mass is 558 g/mol. The molecule has 0 aliphatic rings. The molecule has 2 aromatic carbocycles. The molecule has 7 heteroatoms. The summed E-state index contributed by atoms with van der Waals surface area (Å²) in [5.74, 6) is 1.40. The van der Waals surface area contributed by atoms with E-state index in [9.17, 15) is 4.79 Å². The third-order valence-electron chi connectivity index (χ3n) is 5.88. The third kappa shape index (κ3) is 12.7. The number of ketones is 1. The van der Waals surface area contributed by atoms with E-state index in [1.807, 2.05) is 48.5 Å². The molecule has 2 atom stereocenters. The smallest absolute Gasteiger partial charge is 0.193 e. The normalized spacial score (nSPS) is 14.0. The zero-order chi connectivity index (χ0) is 28.5. The zero-order valence-electron chi connectivity index (χ0n) is 25.3. The Bertz CT molecular complexity index is 894. The van der Waals surface area contributed by atoms with Crippen LogP contribution >= 0.6 is 0 Å². The second-order valence-corrected chi connectivity index (χ2v) is 17.8. The Morgan fingerprint density at radius 1 is 0.632 bits per heavy atom. The second-order valence-electron chi connectivity index (χ2n) is 13.0. The van der Waals surface area contributed by atoms with Crippen molar-refractivity contribution in [3.05, 3.63) is 59.7 Å². The highest BCUT2D eigenvalue weighted by atomic mass is 28.3. The zero-order valence-corrected chi connectivity index (χ0v) is 27.6. The Labute approximate surface area is 234 Å². The molecular formula is C31H50O5Si2. The fraction of sp³-hybridized carbons (Fsp3) is 0.581. The molecule has 2 aromatic rings. The van der Waals surface area contributed by atoms with Crippen LogP contribution in [0, 0.1) is 10.8 Å². The Morgan fingerprint density at radius 3 is 1.21 bits per heavy atom. The predicted molar refractivity (Wildman–Crippen MR) is 162 cm³/mol. The maximum atomic E-state index is 13.1. The molecule has 0 aliphatic carbocycles. The van der Waals surface area contributed by atoms with Gasteiger partial charge in [0.1, 0.15) is 11.5 Å². The van der Waals surface area contributed by atoms with Crippen LogP contribution in [0.1, 0.15) is 83.1 Å². The molecule has 0 radical (unpaired) electrons. The summed E-state index contributed by atoms with van der Waals surface area (Å²) in [5, 5.41) is 0. The first kappa shape index (κ1) is 32.3. The molecule has 212 valence electrons. The van der Waals surface area contributed by atoms with Gasteiger partial charge in [-0.1, -0.05) is 41.5 Å². The van der Waals surface area contributed by atoms with Crippen molar-refractivity contribution in [2.75, 3.05) is 0 Å². The fourth-order valence-electron chi connectivity index (χ4n) is 3.86. The van der Waals surface area contributed by atoms with Crippen molar-refractivity contribution < 1.29 is 23.1 Å². The van der Waals surface area contributed by atoms with Crippen LogP contribution in [-0.2, 0) is 8.85 Å². The molecule has 2 unspecified atom stereocenters. The minimum Gasteiger partial charge on any atom is -0.466 e. The van der Waals surface area contributed by atoms with E-state index < -0.39 is 18.1 Å². The summed E-state index contributed by atoms with van der Waals surface area (Å²) in [7, 11) is -2.50. The lowest BCUT2D eigenvalue weighted by Gasteiger charge is -2.26. The van der Waals surface area contributed by atoms with Crippen molar-refractivity contribution in [2.45, 2.75) is 106 Å². The molecule has 2 rings (SSSR count). The molecule has 0 N–H and O–H groups in total. The number of hydrogen-bond acceptors (Lipinski definition) is 5. The van der Waals surface area contributed by atoms with Gasteiger partial charge < -0.3 is 18.3 Å². The van der Waals surface area contributed by atoms with Crippen LogP contribution in [0.5, 0.6) is 11.5 Å². The van der Waals surface area contributed by atoms with Gasteiger partial charge in [-0.3, -0.25) is 4.79 Å². The first-order valence-corrected chi connectivity index (χ1v) is 19.6. The van der Waals surface area contributed by atoms with Crippen LogP contribution in [0.2, 0.25) is 26.2 Å². The molecule has 0 aromatic heterocycles. The van der Waals surface area contributed by atoms with Gasteiger partial charge >= 0.3 is 0 Å². The molecule has 0 saturated carbocycles. The van der Waals surface area contributed by atoms with E-state index in [0.29, 0.717) is 22.6 Å². The SMILES string of the molecule is C[SiH](C)OC(CCC(C)(C)C)Oc1ccc(C(=O)c2ccc(OC(CCC(C)(C)C)O[SiH](C)C)cc2)cc1.